The molecule has 0 aromatic heterocycles. The van der Waals surface area contributed by atoms with Crippen molar-refractivity contribution >= 4 is 53.2 Å². The molecule has 412 valence electrons. The zero-order valence-corrected chi connectivity index (χ0v) is 44.0. The summed E-state index contributed by atoms with van der Waals surface area (Å²) in [6.07, 6.45) is 7.01. The zero-order chi connectivity index (χ0) is 54.3. The van der Waals surface area contributed by atoms with Gasteiger partial charge in [0.25, 0.3) is 0 Å². The summed E-state index contributed by atoms with van der Waals surface area (Å²) in [5.41, 5.74) is 24.3. The minimum absolute atomic E-state index is 0.0230. The van der Waals surface area contributed by atoms with E-state index in [4.69, 9.17) is 22.9 Å². The lowest BCUT2D eigenvalue weighted by atomic mass is 10.00. The van der Waals surface area contributed by atoms with E-state index in [-0.39, 0.29) is 108 Å². The fourth-order valence-electron chi connectivity index (χ4n) is 8.35. The van der Waals surface area contributed by atoms with Crippen molar-refractivity contribution in [3.8, 4) is 0 Å². The molecule has 73 heavy (non-hydrogen) atoms. The van der Waals surface area contributed by atoms with E-state index in [1.54, 1.807) is 30.3 Å². The van der Waals surface area contributed by atoms with Crippen LogP contribution in [0, 0.1) is 11.8 Å². The van der Waals surface area contributed by atoms with Gasteiger partial charge in [-0.05, 0) is 94.9 Å². The number of carbonyl (C=O) groups is 9. The Morgan fingerprint density at radius 2 is 1.00 bits per heavy atom. The summed E-state index contributed by atoms with van der Waals surface area (Å²) >= 11 is 0. The fraction of sp³-hybridized carbons (Fsp3) is 0.706. The first-order valence-electron chi connectivity index (χ1n) is 26.4. The first-order valence-corrected chi connectivity index (χ1v) is 26.4. The van der Waals surface area contributed by atoms with Gasteiger partial charge >= 0.3 is 0 Å². The van der Waals surface area contributed by atoms with Gasteiger partial charge in [-0.25, -0.2) is 0 Å². The maximum Gasteiger partial charge on any atom is 0.243 e. The van der Waals surface area contributed by atoms with E-state index in [1.165, 1.54) is 0 Å². The van der Waals surface area contributed by atoms with E-state index in [2.05, 4.69) is 54.8 Å². The van der Waals surface area contributed by atoms with Gasteiger partial charge in [-0.15, -0.1) is 0 Å². The van der Waals surface area contributed by atoms with Crippen LogP contribution in [0.15, 0.2) is 30.3 Å². The number of hydrogen-bond donors (Lipinski definition) is 13. The Morgan fingerprint density at radius 3 is 1.49 bits per heavy atom. The summed E-state index contributed by atoms with van der Waals surface area (Å²) in [7, 11) is 0. The molecule has 0 radical (unpaired) electrons. The molecule has 1 aromatic carbocycles. The molecule has 1 heterocycles. The quantitative estimate of drug-likeness (QED) is 0.0538. The third-order valence-corrected chi connectivity index (χ3v) is 12.3. The molecule has 17 N–H and O–H groups in total. The first kappa shape index (κ1) is 63.4. The monoisotopic (exact) mass is 1030 g/mol. The average Bonchev–Trinajstić information content (AvgIpc) is 3.34. The van der Waals surface area contributed by atoms with Gasteiger partial charge in [0.1, 0.15) is 48.3 Å². The minimum atomic E-state index is -1.41. The number of hydrogen-bond acceptors (Lipinski definition) is 13. The second-order valence-corrected chi connectivity index (χ2v) is 19.8. The van der Waals surface area contributed by atoms with Crippen molar-refractivity contribution in [3.05, 3.63) is 35.9 Å². The molecule has 0 bridgehead atoms. The highest BCUT2D eigenvalue weighted by atomic mass is 16.2. The lowest BCUT2D eigenvalue weighted by Gasteiger charge is -2.28. The van der Waals surface area contributed by atoms with Gasteiger partial charge in [-0.1, -0.05) is 103 Å². The van der Waals surface area contributed by atoms with Gasteiger partial charge in [0.05, 0.1) is 0 Å². The normalized spacial score (nSPS) is 22.7. The number of nitrogens with two attached hydrogens (primary N) is 4. The van der Waals surface area contributed by atoms with Gasteiger partial charge < -0.3 is 70.8 Å². The van der Waals surface area contributed by atoms with E-state index in [0.29, 0.717) is 12.0 Å². The molecule has 0 unspecified atom stereocenters. The van der Waals surface area contributed by atoms with Gasteiger partial charge in [-0.2, -0.15) is 0 Å². The lowest BCUT2D eigenvalue weighted by Crippen LogP contribution is -2.61. The van der Waals surface area contributed by atoms with Crippen molar-refractivity contribution in [2.75, 3.05) is 32.7 Å². The Kier molecular flexibility index (Phi) is 30.8. The summed E-state index contributed by atoms with van der Waals surface area (Å²) in [5, 5.41) is 24.5. The fourth-order valence-corrected chi connectivity index (χ4v) is 8.35. The van der Waals surface area contributed by atoms with Crippen LogP contribution in [0.4, 0.5) is 0 Å². The Balaban J connectivity index is 2.67. The molecule has 0 saturated carbocycles. The highest BCUT2D eigenvalue weighted by Gasteiger charge is 2.35. The molecule has 1 aliphatic heterocycles. The van der Waals surface area contributed by atoms with Crippen LogP contribution in [-0.4, -0.2) is 134 Å². The molecule has 2 rings (SSSR count). The summed E-state index contributed by atoms with van der Waals surface area (Å²) in [6.45, 7) is 9.14. The topological polar surface area (TPSA) is 366 Å². The summed E-state index contributed by atoms with van der Waals surface area (Å²) in [4.78, 5) is 126. The standard InChI is InChI=1S/C51H89N13O9/c1-6-7-8-9-10-11-15-18-43(65)57-35(19-24-52)45(67)61-39-23-28-56-44(66)40(29-32(2)3)62-47(69)37(21-26-54)58-46(68)36(20-25-53)60-50(72)41(30-33(4)5)63-51(73)42(31-34-16-13-12-14-17-34)64-48(70)38(22-27-55)59-49(39)71/h12-14,16-17,32-33,35-42H,6-11,15,18-31,52-55H2,1-5H3,(H,56,66)(H,57,65)(H,58,68)(H,59,71)(H,60,72)(H,61,67)(H,62,69)(H,63,73)(H,64,70)/t35-,36+,37+,38+,39+,40+,41+,42-/m1/s1. The molecule has 1 fully saturated rings. The minimum Gasteiger partial charge on any atom is -0.354 e. The van der Waals surface area contributed by atoms with Crippen molar-refractivity contribution in [3.63, 3.8) is 0 Å². The first-order chi connectivity index (χ1) is 34.9. The number of carbonyl (C=O) groups excluding carboxylic acids is 9. The zero-order valence-electron chi connectivity index (χ0n) is 44.0. The molecular formula is C51H89N13O9. The van der Waals surface area contributed by atoms with Crippen molar-refractivity contribution in [1.29, 1.82) is 0 Å². The van der Waals surface area contributed by atoms with Gasteiger partial charge in [-0.3, -0.25) is 43.2 Å². The Hall–Kier alpha value is -5.71. The largest absolute Gasteiger partial charge is 0.354 e. The molecule has 22 nitrogen and oxygen atoms in total. The second kappa shape index (κ2) is 35.4. The van der Waals surface area contributed by atoms with Crippen LogP contribution >= 0.6 is 0 Å². The second-order valence-electron chi connectivity index (χ2n) is 19.8. The highest BCUT2D eigenvalue weighted by molar-refractivity contribution is 5.98. The van der Waals surface area contributed by atoms with E-state index < -0.39 is 95.6 Å². The molecule has 0 aliphatic carbocycles. The van der Waals surface area contributed by atoms with Crippen molar-refractivity contribution in [2.45, 2.75) is 186 Å². The predicted octanol–water partition coefficient (Wildman–Crippen LogP) is -0.745. The van der Waals surface area contributed by atoms with Crippen LogP contribution in [0.3, 0.4) is 0 Å². The number of unbranched alkanes of at least 4 members (excludes halogenated alkanes) is 6. The lowest BCUT2D eigenvalue weighted by molar-refractivity contribution is -0.136. The molecule has 22 heteroatoms. The number of rotatable bonds is 25. The van der Waals surface area contributed by atoms with E-state index in [9.17, 15) is 43.2 Å². The molecule has 1 saturated heterocycles. The molecule has 1 aliphatic rings. The smallest absolute Gasteiger partial charge is 0.243 e. The van der Waals surface area contributed by atoms with Crippen LogP contribution in [0.1, 0.15) is 136 Å². The highest BCUT2D eigenvalue weighted by Crippen LogP contribution is 2.13. The van der Waals surface area contributed by atoms with E-state index >= 15 is 0 Å². The Labute approximate surface area is 432 Å². The maximum absolute atomic E-state index is 14.4. The van der Waals surface area contributed by atoms with Crippen molar-refractivity contribution in [2.24, 2.45) is 34.8 Å². The molecule has 1 aromatic rings. The van der Waals surface area contributed by atoms with Crippen LogP contribution < -0.4 is 70.8 Å². The molecule has 8 atom stereocenters. The van der Waals surface area contributed by atoms with Crippen LogP contribution in [0.5, 0.6) is 0 Å². The summed E-state index contributed by atoms with van der Waals surface area (Å²) < 4.78 is 0. The van der Waals surface area contributed by atoms with E-state index in [1.807, 2.05) is 27.7 Å². The van der Waals surface area contributed by atoms with E-state index in [0.717, 1.165) is 38.5 Å². The summed E-state index contributed by atoms with van der Waals surface area (Å²) in [5.74, 6) is -6.56. The van der Waals surface area contributed by atoms with Crippen LogP contribution in [-0.2, 0) is 49.6 Å². The number of nitrogens with one attached hydrogen (secondary N) is 9. The number of benzene rings is 1. The van der Waals surface area contributed by atoms with Crippen molar-refractivity contribution in [1.82, 2.24) is 47.9 Å². The Morgan fingerprint density at radius 1 is 0.562 bits per heavy atom. The number of amides is 9. The summed E-state index contributed by atoms with van der Waals surface area (Å²) in [6, 6.07) is -1.23. The predicted molar refractivity (Wildman–Crippen MR) is 279 cm³/mol. The SMILES string of the molecule is CCCCCCCCCC(=O)N[C@H](CCN)C(=O)N[C@H]1CCNC(=O)[C@H](CC(C)C)NC(=O)[C@H](CCN)NC(=O)[C@H](CCN)NC(=O)[C@H](CC(C)C)NC(=O)[C@@H](Cc2ccccc2)NC(=O)[C@H](CCN)NC1=O. The van der Waals surface area contributed by atoms with Gasteiger partial charge in [0.2, 0.25) is 53.2 Å². The van der Waals surface area contributed by atoms with Gasteiger partial charge in [0.15, 0.2) is 0 Å². The Bertz CT molecular complexity index is 1890. The molecular weight excluding hydrogens is 939 g/mol. The van der Waals surface area contributed by atoms with Crippen LogP contribution in [0.2, 0.25) is 0 Å². The molecule has 0 spiro atoms. The van der Waals surface area contributed by atoms with Gasteiger partial charge in [0, 0.05) is 19.4 Å². The molecule has 9 amide bonds. The average molecular weight is 1030 g/mol. The maximum atomic E-state index is 14.4. The third-order valence-electron chi connectivity index (χ3n) is 12.3. The van der Waals surface area contributed by atoms with Crippen molar-refractivity contribution < 1.29 is 43.2 Å². The third kappa shape index (κ3) is 24.7. The van der Waals surface area contributed by atoms with Crippen LogP contribution in [0.25, 0.3) is 0 Å².